The summed E-state index contributed by atoms with van der Waals surface area (Å²) in [5, 5.41) is 15.4. The number of ether oxygens (including phenoxy) is 1. The number of sulfonamides is 1. The highest BCUT2D eigenvalue weighted by Gasteiger charge is 2.61. The van der Waals surface area contributed by atoms with Crippen molar-refractivity contribution in [2.75, 3.05) is 6.54 Å². The summed E-state index contributed by atoms with van der Waals surface area (Å²) in [5.74, 6) is -2.76. The third-order valence-corrected chi connectivity index (χ3v) is 11.4. The maximum atomic E-state index is 14.7. The summed E-state index contributed by atoms with van der Waals surface area (Å²) in [6, 6.07) is 23.6. The van der Waals surface area contributed by atoms with Gasteiger partial charge in [-0.2, -0.15) is 15.0 Å². The van der Waals surface area contributed by atoms with Gasteiger partial charge in [0.05, 0.1) is 10.9 Å². The van der Waals surface area contributed by atoms with Crippen molar-refractivity contribution >= 4 is 33.8 Å². The van der Waals surface area contributed by atoms with E-state index in [1.165, 1.54) is 40.0 Å². The first-order valence-corrected chi connectivity index (χ1v) is 20.3. The second-order valence-corrected chi connectivity index (χ2v) is 18.2. The van der Waals surface area contributed by atoms with E-state index in [2.05, 4.69) is 21.9 Å². The molecular formula is C42H49N7O7S. The molecule has 3 N–H and O–H groups in total. The molecule has 300 valence electrons. The van der Waals surface area contributed by atoms with Gasteiger partial charge in [0.1, 0.15) is 34.6 Å². The number of carbonyl (C=O) groups is 4. The minimum absolute atomic E-state index is 0.0247. The summed E-state index contributed by atoms with van der Waals surface area (Å²) in [5.41, 5.74) is -0.474. The Morgan fingerprint density at radius 3 is 1.86 bits per heavy atom. The minimum atomic E-state index is -4.28. The standard InChI is InChI=1S/C42H49N7O7S/c1-8-29-25-42(29,38(52)47-57(54,55)31-22-16-11-17-23-31)44-36(50)32-24-30(26-48(32)37(51)35(40(2,3)4)43-39(53)56-41(5,6)7)49-45-33(27-18-12-9-13-19-27)34(46-49)28-20-14-10-15-21-28/h8-23,29-30,32,35H,1,24-26H2,2-7H3,(H,43,53)(H,44,50)(H,47,52)/t29-,30-,32+,35-,42+/m1/s1. The van der Waals surface area contributed by atoms with Gasteiger partial charge in [0.2, 0.25) is 11.8 Å². The summed E-state index contributed by atoms with van der Waals surface area (Å²) in [6.07, 6.45) is 0.814. The van der Waals surface area contributed by atoms with E-state index in [1.54, 1.807) is 47.6 Å². The number of nitrogens with zero attached hydrogens (tertiary/aromatic N) is 4. The van der Waals surface area contributed by atoms with Crippen LogP contribution in [-0.2, 0) is 29.1 Å². The van der Waals surface area contributed by atoms with E-state index in [4.69, 9.17) is 14.9 Å². The smallest absolute Gasteiger partial charge is 0.408 e. The average molecular weight is 796 g/mol. The van der Waals surface area contributed by atoms with Crippen LogP contribution in [0.3, 0.4) is 0 Å². The van der Waals surface area contributed by atoms with Gasteiger partial charge in [-0.15, -0.1) is 6.58 Å². The number of benzene rings is 3. The van der Waals surface area contributed by atoms with Crippen LogP contribution in [0.15, 0.2) is 109 Å². The van der Waals surface area contributed by atoms with Gasteiger partial charge >= 0.3 is 6.09 Å². The molecule has 2 fully saturated rings. The highest BCUT2D eigenvalue weighted by molar-refractivity contribution is 7.90. The molecule has 15 heteroatoms. The molecule has 0 spiro atoms. The summed E-state index contributed by atoms with van der Waals surface area (Å²) in [4.78, 5) is 59.0. The molecule has 6 rings (SSSR count). The number of nitrogens with one attached hydrogen (secondary N) is 3. The number of rotatable bonds is 11. The highest BCUT2D eigenvalue weighted by Crippen LogP contribution is 2.45. The predicted molar refractivity (Wildman–Crippen MR) is 214 cm³/mol. The Hall–Kier alpha value is -5.83. The lowest BCUT2D eigenvalue weighted by molar-refractivity contribution is -0.143. The molecule has 57 heavy (non-hydrogen) atoms. The summed E-state index contributed by atoms with van der Waals surface area (Å²) in [6.45, 7) is 14.3. The van der Waals surface area contributed by atoms with Crippen LogP contribution in [0.25, 0.3) is 22.5 Å². The van der Waals surface area contributed by atoms with Gasteiger partial charge in [-0.1, -0.05) is 106 Å². The van der Waals surface area contributed by atoms with Gasteiger partial charge in [-0.05, 0) is 44.7 Å². The molecule has 0 unspecified atom stereocenters. The van der Waals surface area contributed by atoms with Crippen molar-refractivity contribution in [3.8, 4) is 22.5 Å². The van der Waals surface area contributed by atoms with Crippen molar-refractivity contribution in [3.05, 3.63) is 104 Å². The van der Waals surface area contributed by atoms with E-state index >= 15 is 0 Å². The zero-order valence-electron chi connectivity index (χ0n) is 32.9. The van der Waals surface area contributed by atoms with Crippen LogP contribution in [0, 0.1) is 11.3 Å². The summed E-state index contributed by atoms with van der Waals surface area (Å²) >= 11 is 0. The predicted octanol–water partition coefficient (Wildman–Crippen LogP) is 5.26. The largest absolute Gasteiger partial charge is 0.444 e. The van der Waals surface area contributed by atoms with Crippen molar-refractivity contribution in [3.63, 3.8) is 0 Å². The molecule has 1 saturated carbocycles. The Kier molecular flexibility index (Phi) is 11.2. The lowest BCUT2D eigenvalue weighted by atomic mass is 9.85. The first-order chi connectivity index (χ1) is 26.8. The molecule has 4 amide bonds. The molecule has 2 heterocycles. The summed E-state index contributed by atoms with van der Waals surface area (Å²) in [7, 11) is -4.28. The molecule has 5 atom stereocenters. The Morgan fingerprint density at radius 1 is 0.860 bits per heavy atom. The monoisotopic (exact) mass is 795 g/mol. The van der Waals surface area contributed by atoms with Crippen molar-refractivity contribution in [2.24, 2.45) is 11.3 Å². The molecular weight excluding hydrogens is 747 g/mol. The Morgan fingerprint density at radius 2 is 1.39 bits per heavy atom. The lowest BCUT2D eigenvalue weighted by Gasteiger charge is -2.36. The number of hydrogen-bond donors (Lipinski definition) is 3. The molecule has 1 aliphatic carbocycles. The quantitative estimate of drug-likeness (QED) is 0.171. The number of aromatic nitrogens is 3. The summed E-state index contributed by atoms with van der Waals surface area (Å²) < 4.78 is 34.0. The molecule has 3 aromatic carbocycles. The van der Waals surface area contributed by atoms with E-state index < -0.39 is 74.4 Å². The van der Waals surface area contributed by atoms with Crippen molar-refractivity contribution in [2.45, 2.75) is 88.5 Å². The van der Waals surface area contributed by atoms with Crippen LogP contribution < -0.4 is 15.4 Å². The SMILES string of the molecule is C=C[C@@H]1C[C@@]1(NC(=O)[C@@H]1C[C@@H](n2nc(-c3ccccc3)c(-c3ccccc3)n2)CN1C(=O)[C@@H](NC(=O)OC(C)(C)C)C(C)(C)C)C(=O)NS(=O)(=O)c1ccccc1. The minimum Gasteiger partial charge on any atom is -0.444 e. The highest BCUT2D eigenvalue weighted by atomic mass is 32.2. The van der Waals surface area contributed by atoms with Crippen LogP contribution in [0.1, 0.15) is 60.4 Å². The Bertz CT molecular complexity index is 2190. The van der Waals surface area contributed by atoms with Crippen molar-refractivity contribution in [1.29, 1.82) is 0 Å². The fourth-order valence-corrected chi connectivity index (χ4v) is 8.05. The third-order valence-electron chi connectivity index (χ3n) is 10.0. The van der Waals surface area contributed by atoms with E-state index in [1.807, 2.05) is 60.7 Å². The van der Waals surface area contributed by atoms with Gasteiger partial charge in [0.15, 0.2) is 0 Å². The first-order valence-electron chi connectivity index (χ1n) is 18.8. The van der Waals surface area contributed by atoms with E-state index in [9.17, 15) is 27.6 Å². The van der Waals surface area contributed by atoms with E-state index in [-0.39, 0.29) is 24.3 Å². The van der Waals surface area contributed by atoms with Crippen molar-refractivity contribution < 1.29 is 32.3 Å². The molecule has 14 nitrogen and oxygen atoms in total. The lowest BCUT2D eigenvalue weighted by Crippen LogP contribution is -2.60. The van der Waals surface area contributed by atoms with Crippen LogP contribution >= 0.6 is 0 Å². The Balaban J connectivity index is 1.36. The second kappa shape index (κ2) is 15.6. The van der Waals surface area contributed by atoms with Gasteiger partial charge < -0.3 is 20.3 Å². The van der Waals surface area contributed by atoms with E-state index in [0.717, 1.165) is 11.1 Å². The topological polar surface area (TPSA) is 182 Å². The van der Waals surface area contributed by atoms with Crippen molar-refractivity contribution in [1.82, 2.24) is 35.2 Å². The number of amides is 4. The number of carbonyl (C=O) groups excluding carboxylic acids is 4. The molecule has 1 aliphatic heterocycles. The normalized spacial score (nSPS) is 21.2. The van der Waals surface area contributed by atoms with Gasteiger partial charge in [0, 0.05) is 30.0 Å². The molecule has 1 aromatic heterocycles. The van der Waals surface area contributed by atoms with Crippen LogP contribution in [0.4, 0.5) is 4.79 Å². The number of likely N-dealkylation sites (tertiary alicyclic amines) is 1. The van der Waals surface area contributed by atoms with Gasteiger partial charge in [-0.25, -0.2) is 17.9 Å². The third kappa shape index (κ3) is 8.93. The second-order valence-electron chi connectivity index (χ2n) is 16.5. The average Bonchev–Trinajstić information content (AvgIpc) is 3.46. The maximum Gasteiger partial charge on any atom is 0.408 e. The molecule has 0 radical (unpaired) electrons. The van der Waals surface area contributed by atoms with Crippen LogP contribution in [0.2, 0.25) is 0 Å². The Labute approximate surface area is 333 Å². The molecule has 2 aliphatic rings. The molecule has 1 saturated heterocycles. The zero-order valence-corrected chi connectivity index (χ0v) is 33.7. The van der Waals surface area contributed by atoms with Crippen LogP contribution in [0.5, 0.6) is 0 Å². The van der Waals surface area contributed by atoms with Crippen LogP contribution in [-0.4, -0.2) is 81.9 Å². The fraction of sp³-hybridized carbons (Fsp3) is 0.381. The number of hydrogen-bond acceptors (Lipinski definition) is 9. The maximum absolute atomic E-state index is 14.7. The zero-order chi connectivity index (χ0) is 41.3. The number of alkyl carbamates (subject to hydrolysis) is 1. The van der Waals surface area contributed by atoms with Gasteiger partial charge in [-0.3, -0.25) is 14.4 Å². The van der Waals surface area contributed by atoms with E-state index in [0.29, 0.717) is 11.4 Å². The van der Waals surface area contributed by atoms with Gasteiger partial charge in [0.25, 0.3) is 15.9 Å². The molecule has 0 bridgehead atoms. The fourth-order valence-electron chi connectivity index (χ4n) is 6.99. The first kappa shape index (κ1) is 40.8. The molecule has 4 aromatic rings.